The van der Waals surface area contributed by atoms with Gasteiger partial charge in [-0.05, 0) is 36.4 Å². The zero-order chi connectivity index (χ0) is 14.7. The highest BCUT2D eigenvalue weighted by Crippen LogP contribution is 2.41. The van der Waals surface area contributed by atoms with E-state index < -0.39 is 4.27 Å². The van der Waals surface area contributed by atoms with Crippen LogP contribution in [-0.4, -0.2) is 29.7 Å². The van der Waals surface area contributed by atoms with E-state index >= 15 is 0 Å². The van der Waals surface area contributed by atoms with Crippen LogP contribution in [0.4, 0.5) is 0 Å². The lowest BCUT2D eigenvalue weighted by Gasteiger charge is -2.26. The maximum absolute atomic E-state index is 5.83. The molecule has 0 saturated carbocycles. The minimum atomic E-state index is -0.441. The summed E-state index contributed by atoms with van der Waals surface area (Å²) >= 11 is 4.67. The Morgan fingerprint density at radius 1 is 1.32 bits per heavy atom. The summed E-state index contributed by atoms with van der Waals surface area (Å²) in [5.41, 5.74) is 0. The van der Waals surface area contributed by atoms with Crippen molar-refractivity contribution < 1.29 is 4.74 Å². The summed E-state index contributed by atoms with van der Waals surface area (Å²) in [4.78, 5) is 0. The van der Waals surface area contributed by atoms with Gasteiger partial charge in [0.25, 0.3) is 0 Å². The van der Waals surface area contributed by atoms with Gasteiger partial charge in [-0.3, -0.25) is 0 Å². The van der Waals surface area contributed by atoms with Crippen LogP contribution in [0.5, 0.6) is 0 Å². The summed E-state index contributed by atoms with van der Waals surface area (Å²) in [7, 11) is 3.34. The molecule has 1 atom stereocenters. The number of thiol groups is 1. The fourth-order valence-electron chi connectivity index (χ4n) is 1.37. The zero-order valence-electron chi connectivity index (χ0n) is 12.7. The average Bonchev–Trinajstić information content (AvgIpc) is 2.31. The summed E-state index contributed by atoms with van der Waals surface area (Å²) in [5, 5.41) is 3.41. The molecule has 0 aliphatic heterocycles. The Hall–Kier alpha value is 0.530. The van der Waals surface area contributed by atoms with Crippen molar-refractivity contribution >= 4 is 34.2 Å². The molecule has 0 aromatic carbocycles. The van der Waals surface area contributed by atoms with Crippen LogP contribution in [0.15, 0.2) is 0 Å². The molecule has 0 heterocycles. The molecule has 1 unspecified atom stereocenters. The molecule has 0 aliphatic rings. The van der Waals surface area contributed by atoms with Gasteiger partial charge >= 0.3 is 0 Å². The summed E-state index contributed by atoms with van der Waals surface area (Å²) in [6, 6.07) is 0.528. The van der Waals surface area contributed by atoms with Crippen molar-refractivity contribution in [2.24, 2.45) is 5.92 Å². The molecule has 0 aromatic rings. The zero-order valence-corrected chi connectivity index (χ0v) is 15.2. The van der Waals surface area contributed by atoms with Crippen LogP contribution in [-0.2, 0) is 4.74 Å². The maximum atomic E-state index is 5.83. The third kappa shape index (κ3) is 12.0. The Balaban J connectivity index is 4.08. The van der Waals surface area contributed by atoms with Crippen LogP contribution in [0.3, 0.4) is 0 Å². The summed E-state index contributed by atoms with van der Waals surface area (Å²) in [5.74, 6) is 6.54. The first-order valence-corrected chi connectivity index (χ1v) is 9.70. The Labute approximate surface area is 132 Å². The summed E-state index contributed by atoms with van der Waals surface area (Å²) in [6.45, 7) is 9.92. The number of hydrogen-bond donors (Lipinski definition) is 2. The van der Waals surface area contributed by atoms with Gasteiger partial charge in [0.05, 0.1) is 0 Å². The van der Waals surface area contributed by atoms with Crippen LogP contribution in [0.25, 0.3) is 0 Å². The SMILES string of the molecule is CSSC(S)(CCCNC(C)C)OCC#CC(C)C. The molecule has 1 N–H and O–H groups in total. The topological polar surface area (TPSA) is 21.3 Å². The maximum Gasteiger partial charge on any atom is 0.168 e. The van der Waals surface area contributed by atoms with E-state index in [1.165, 1.54) is 0 Å². The average molecular weight is 322 g/mol. The van der Waals surface area contributed by atoms with E-state index in [1.54, 1.807) is 21.6 Å². The van der Waals surface area contributed by atoms with E-state index in [0.717, 1.165) is 19.4 Å². The normalized spacial score (nSPS) is 14.3. The van der Waals surface area contributed by atoms with Crippen molar-refractivity contribution in [1.29, 1.82) is 0 Å². The van der Waals surface area contributed by atoms with E-state index in [-0.39, 0.29) is 0 Å². The predicted molar refractivity (Wildman–Crippen MR) is 93.8 cm³/mol. The Morgan fingerprint density at radius 3 is 2.53 bits per heavy atom. The lowest BCUT2D eigenvalue weighted by atomic mass is 10.2. The summed E-state index contributed by atoms with van der Waals surface area (Å²) in [6.07, 6.45) is 4.00. The summed E-state index contributed by atoms with van der Waals surface area (Å²) < 4.78 is 5.39. The molecule has 0 amide bonds. The van der Waals surface area contributed by atoms with E-state index in [1.807, 2.05) is 6.26 Å². The van der Waals surface area contributed by atoms with Gasteiger partial charge in [0.2, 0.25) is 0 Å². The van der Waals surface area contributed by atoms with Gasteiger partial charge in [-0.15, -0.1) is 12.6 Å². The Morgan fingerprint density at radius 2 is 2.00 bits per heavy atom. The van der Waals surface area contributed by atoms with Crippen LogP contribution < -0.4 is 5.32 Å². The molecule has 0 saturated heterocycles. The van der Waals surface area contributed by atoms with Crippen LogP contribution in [0.2, 0.25) is 0 Å². The second-order valence-electron chi connectivity index (χ2n) is 4.94. The second kappa shape index (κ2) is 11.2. The van der Waals surface area contributed by atoms with Crippen molar-refractivity contribution in [3.8, 4) is 11.8 Å². The van der Waals surface area contributed by atoms with Gasteiger partial charge in [0.15, 0.2) is 4.27 Å². The van der Waals surface area contributed by atoms with E-state index in [9.17, 15) is 0 Å². The molecule has 5 heteroatoms. The third-order valence-electron chi connectivity index (χ3n) is 2.20. The molecule has 0 spiro atoms. The monoisotopic (exact) mass is 321 g/mol. The largest absolute Gasteiger partial charge is 0.342 e. The lowest BCUT2D eigenvalue weighted by molar-refractivity contribution is 0.112. The number of ether oxygens (including phenoxy) is 1. The molecule has 0 rings (SSSR count). The molecule has 0 bridgehead atoms. The number of rotatable bonds is 9. The molecule has 0 aromatic heterocycles. The molecule has 0 aliphatic carbocycles. The minimum Gasteiger partial charge on any atom is -0.342 e. The minimum absolute atomic E-state index is 0.390. The molecular formula is C14H27NOS3. The van der Waals surface area contributed by atoms with Gasteiger partial charge in [-0.2, -0.15) is 0 Å². The van der Waals surface area contributed by atoms with Crippen LogP contribution >= 0.6 is 34.2 Å². The fourth-order valence-corrected chi connectivity index (χ4v) is 4.03. The van der Waals surface area contributed by atoms with E-state index in [4.69, 9.17) is 4.74 Å². The molecular weight excluding hydrogens is 294 g/mol. The van der Waals surface area contributed by atoms with Crippen molar-refractivity contribution in [2.45, 2.75) is 50.8 Å². The first-order chi connectivity index (χ1) is 8.89. The third-order valence-corrected chi connectivity index (χ3v) is 5.25. The van der Waals surface area contributed by atoms with Gasteiger partial charge < -0.3 is 10.1 Å². The quantitative estimate of drug-likeness (QED) is 0.220. The van der Waals surface area contributed by atoms with Crippen molar-refractivity contribution in [1.82, 2.24) is 5.32 Å². The lowest BCUT2D eigenvalue weighted by Crippen LogP contribution is -2.27. The van der Waals surface area contributed by atoms with Crippen molar-refractivity contribution in [3.05, 3.63) is 0 Å². The van der Waals surface area contributed by atoms with Crippen LogP contribution in [0.1, 0.15) is 40.5 Å². The van der Waals surface area contributed by atoms with Gasteiger partial charge in [0, 0.05) is 12.0 Å². The molecule has 0 radical (unpaired) electrons. The number of hydrogen-bond acceptors (Lipinski definition) is 5. The standard InChI is InChI=1S/C14H27NOS3/c1-12(2)8-6-11-16-14(17,19-18-5)9-7-10-15-13(3)4/h12-13,15,17H,7,9-11H2,1-5H3. The Kier molecular flexibility index (Phi) is 11.5. The van der Waals surface area contributed by atoms with Crippen molar-refractivity contribution in [3.63, 3.8) is 0 Å². The molecule has 2 nitrogen and oxygen atoms in total. The highest BCUT2D eigenvalue weighted by Gasteiger charge is 2.26. The van der Waals surface area contributed by atoms with E-state index in [2.05, 4.69) is 57.5 Å². The fraction of sp³-hybridized carbons (Fsp3) is 0.857. The van der Waals surface area contributed by atoms with Gasteiger partial charge in [0.1, 0.15) is 6.61 Å². The van der Waals surface area contributed by atoms with Crippen molar-refractivity contribution in [2.75, 3.05) is 19.4 Å². The first-order valence-electron chi connectivity index (χ1n) is 6.69. The molecule has 19 heavy (non-hydrogen) atoms. The van der Waals surface area contributed by atoms with Gasteiger partial charge in [-0.1, -0.05) is 50.3 Å². The van der Waals surface area contributed by atoms with E-state index in [0.29, 0.717) is 18.6 Å². The molecule has 112 valence electrons. The highest BCUT2D eigenvalue weighted by molar-refractivity contribution is 8.78. The first kappa shape index (κ1) is 19.5. The second-order valence-corrected chi connectivity index (χ2v) is 8.62. The Bertz CT molecular complexity index is 286. The highest BCUT2D eigenvalue weighted by atomic mass is 33.1. The number of nitrogens with one attached hydrogen (secondary N) is 1. The molecule has 0 fully saturated rings. The van der Waals surface area contributed by atoms with Crippen LogP contribution in [0, 0.1) is 17.8 Å². The van der Waals surface area contributed by atoms with Gasteiger partial charge in [-0.25, -0.2) is 0 Å². The predicted octanol–water partition coefficient (Wildman–Crippen LogP) is 4.04. The smallest absolute Gasteiger partial charge is 0.168 e.